The molecule has 0 radical (unpaired) electrons. The molecule has 4 nitrogen and oxygen atoms in total. The molecule has 2 aliphatic rings. The van der Waals surface area contributed by atoms with Gasteiger partial charge in [0, 0.05) is 12.1 Å². The van der Waals surface area contributed by atoms with E-state index < -0.39 is 0 Å². The summed E-state index contributed by atoms with van der Waals surface area (Å²) in [7, 11) is 0. The van der Waals surface area contributed by atoms with E-state index in [-0.39, 0.29) is 0 Å². The highest BCUT2D eigenvalue weighted by Gasteiger charge is 2.31. The molecule has 0 spiro atoms. The van der Waals surface area contributed by atoms with Crippen LogP contribution in [0.2, 0.25) is 0 Å². The molecule has 0 amide bonds. The molecule has 116 valence electrons. The average molecular weight is 296 g/mol. The highest BCUT2D eigenvalue weighted by atomic mass is 15.2. The largest absolute Gasteiger partial charge is 0.341 e. The fourth-order valence-corrected chi connectivity index (χ4v) is 3.37. The first-order chi connectivity index (χ1) is 10.9. The summed E-state index contributed by atoms with van der Waals surface area (Å²) in [5.41, 5.74) is 2.29. The molecule has 2 N–H and O–H groups in total. The molecule has 0 unspecified atom stereocenters. The van der Waals surface area contributed by atoms with E-state index in [1.54, 1.807) is 0 Å². The van der Waals surface area contributed by atoms with Crippen LogP contribution in [0.25, 0.3) is 11.3 Å². The van der Waals surface area contributed by atoms with Crippen LogP contribution in [0.4, 0.5) is 0 Å². The van der Waals surface area contributed by atoms with Crippen molar-refractivity contribution in [2.24, 2.45) is 0 Å². The van der Waals surface area contributed by atoms with Gasteiger partial charge in [0.1, 0.15) is 5.82 Å². The zero-order valence-corrected chi connectivity index (χ0v) is 13.0. The monoisotopic (exact) mass is 296 g/mol. The highest BCUT2D eigenvalue weighted by molar-refractivity contribution is 5.57. The molecule has 4 heteroatoms. The summed E-state index contributed by atoms with van der Waals surface area (Å²) in [5.74, 6) is 1.03. The number of piperidine rings is 1. The SMILES string of the molecule is c1ccc(-c2cnc(CNC3CCN(C4CC4)CC3)[nH]2)cc1. The third-order valence-corrected chi connectivity index (χ3v) is 4.86. The van der Waals surface area contributed by atoms with Crippen molar-refractivity contribution in [3.05, 3.63) is 42.4 Å². The Morgan fingerprint density at radius 3 is 2.59 bits per heavy atom. The molecule has 1 aliphatic heterocycles. The van der Waals surface area contributed by atoms with Crippen LogP contribution >= 0.6 is 0 Å². The number of hydrogen-bond acceptors (Lipinski definition) is 3. The molecule has 0 bridgehead atoms. The summed E-state index contributed by atoms with van der Waals surface area (Å²) >= 11 is 0. The first kappa shape index (κ1) is 14.0. The van der Waals surface area contributed by atoms with Crippen LogP contribution in [0.5, 0.6) is 0 Å². The quantitative estimate of drug-likeness (QED) is 0.891. The topological polar surface area (TPSA) is 44.0 Å². The van der Waals surface area contributed by atoms with E-state index in [0.717, 1.165) is 24.1 Å². The fraction of sp³-hybridized carbons (Fsp3) is 0.500. The van der Waals surface area contributed by atoms with Crippen LogP contribution in [0.15, 0.2) is 36.5 Å². The number of rotatable bonds is 5. The molecule has 1 aromatic heterocycles. The number of benzene rings is 1. The van der Waals surface area contributed by atoms with Crippen molar-refractivity contribution in [3.63, 3.8) is 0 Å². The summed E-state index contributed by atoms with van der Waals surface area (Å²) in [5, 5.41) is 3.66. The standard InChI is InChI=1S/C18H24N4/c1-2-4-14(5-3-1)17-12-20-18(21-17)13-19-15-8-10-22(11-9-15)16-6-7-16/h1-5,12,15-16,19H,6-11,13H2,(H,20,21). The third kappa shape index (κ3) is 3.23. The number of aromatic nitrogens is 2. The molecular formula is C18H24N4. The lowest BCUT2D eigenvalue weighted by molar-refractivity contribution is 0.188. The van der Waals surface area contributed by atoms with E-state index in [4.69, 9.17) is 0 Å². The zero-order valence-electron chi connectivity index (χ0n) is 13.0. The highest BCUT2D eigenvalue weighted by Crippen LogP contribution is 2.29. The maximum atomic E-state index is 4.50. The molecule has 2 aromatic rings. The minimum absolute atomic E-state index is 0.639. The number of likely N-dealkylation sites (tertiary alicyclic amines) is 1. The van der Waals surface area contributed by atoms with Gasteiger partial charge in [0.05, 0.1) is 18.4 Å². The lowest BCUT2D eigenvalue weighted by atomic mass is 10.1. The van der Waals surface area contributed by atoms with Crippen LogP contribution in [-0.4, -0.2) is 40.0 Å². The smallest absolute Gasteiger partial charge is 0.120 e. The van der Waals surface area contributed by atoms with Crippen LogP contribution in [0.3, 0.4) is 0 Å². The van der Waals surface area contributed by atoms with Gasteiger partial charge >= 0.3 is 0 Å². The summed E-state index contributed by atoms with van der Waals surface area (Å²) in [6, 6.07) is 11.9. The Hall–Kier alpha value is -1.65. The molecule has 0 atom stereocenters. The number of H-pyrrole nitrogens is 1. The average Bonchev–Trinajstić information content (AvgIpc) is 3.32. The van der Waals surface area contributed by atoms with Crippen molar-refractivity contribution in [2.45, 2.75) is 44.3 Å². The van der Waals surface area contributed by atoms with E-state index in [1.165, 1.54) is 44.3 Å². The van der Waals surface area contributed by atoms with Gasteiger partial charge in [-0.1, -0.05) is 30.3 Å². The zero-order chi connectivity index (χ0) is 14.8. The second-order valence-corrected chi connectivity index (χ2v) is 6.53. The van der Waals surface area contributed by atoms with Crippen molar-refractivity contribution in [2.75, 3.05) is 13.1 Å². The predicted molar refractivity (Wildman–Crippen MR) is 88.5 cm³/mol. The molecule has 2 heterocycles. The Morgan fingerprint density at radius 2 is 1.86 bits per heavy atom. The van der Waals surface area contributed by atoms with Crippen LogP contribution in [-0.2, 0) is 6.54 Å². The maximum absolute atomic E-state index is 4.50. The lowest BCUT2D eigenvalue weighted by Gasteiger charge is -2.32. The number of hydrogen-bond donors (Lipinski definition) is 2. The van der Waals surface area contributed by atoms with Gasteiger partial charge in [0.2, 0.25) is 0 Å². The van der Waals surface area contributed by atoms with Crippen molar-refractivity contribution in [3.8, 4) is 11.3 Å². The Bertz CT molecular complexity index is 595. The number of imidazole rings is 1. The van der Waals surface area contributed by atoms with E-state index in [2.05, 4.69) is 44.5 Å². The molecule has 1 saturated heterocycles. The number of aromatic amines is 1. The molecule has 1 aliphatic carbocycles. The van der Waals surface area contributed by atoms with Gasteiger partial charge in [-0.25, -0.2) is 4.98 Å². The normalized spacial score (nSPS) is 20.4. The first-order valence-corrected chi connectivity index (χ1v) is 8.45. The predicted octanol–water partition coefficient (Wildman–Crippen LogP) is 2.79. The minimum atomic E-state index is 0.639. The lowest BCUT2D eigenvalue weighted by Crippen LogP contribution is -2.43. The molecular weight excluding hydrogens is 272 g/mol. The molecule has 1 saturated carbocycles. The summed E-state index contributed by atoms with van der Waals surface area (Å²) in [6.45, 7) is 3.35. The molecule has 2 fully saturated rings. The number of nitrogens with one attached hydrogen (secondary N) is 2. The van der Waals surface area contributed by atoms with Crippen molar-refractivity contribution >= 4 is 0 Å². The molecule has 1 aromatic carbocycles. The van der Waals surface area contributed by atoms with E-state index >= 15 is 0 Å². The Kier molecular flexibility index (Phi) is 3.95. The van der Waals surface area contributed by atoms with Crippen molar-refractivity contribution in [1.29, 1.82) is 0 Å². The Balaban J connectivity index is 1.28. The van der Waals surface area contributed by atoms with E-state index in [0.29, 0.717) is 6.04 Å². The van der Waals surface area contributed by atoms with Crippen LogP contribution in [0, 0.1) is 0 Å². The first-order valence-electron chi connectivity index (χ1n) is 8.45. The van der Waals surface area contributed by atoms with Gasteiger partial charge in [-0.3, -0.25) is 0 Å². The van der Waals surface area contributed by atoms with E-state index in [9.17, 15) is 0 Å². The minimum Gasteiger partial charge on any atom is -0.341 e. The van der Waals surface area contributed by atoms with E-state index in [1.807, 2.05) is 12.3 Å². The summed E-state index contributed by atoms with van der Waals surface area (Å²) in [4.78, 5) is 10.6. The van der Waals surface area contributed by atoms with Gasteiger partial charge in [-0.15, -0.1) is 0 Å². The molecule has 4 rings (SSSR count). The van der Waals surface area contributed by atoms with Gasteiger partial charge < -0.3 is 15.2 Å². The van der Waals surface area contributed by atoms with Crippen LogP contribution in [0.1, 0.15) is 31.5 Å². The van der Waals surface area contributed by atoms with Crippen LogP contribution < -0.4 is 5.32 Å². The molecule has 22 heavy (non-hydrogen) atoms. The van der Waals surface area contributed by atoms with Gasteiger partial charge in [-0.05, 0) is 44.3 Å². The number of nitrogens with zero attached hydrogens (tertiary/aromatic N) is 2. The summed E-state index contributed by atoms with van der Waals surface area (Å²) in [6.07, 6.45) is 7.31. The van der Waals surface area contributed by atoms with Crippen molar-refractivity contribution in [1.82, 2.24) is 20.2 Å². The Labute approximate surface area is 131 Å². The summed E-state index contributed by atoms with van der Waals surface area (Å²) < 4.78 is 0. The third-order valence-electron chi connectivity index (χ3n) is 4.86. The maximum Gasteiger partial charge on any atom is 0.120 e. The second-order valence-electron chi connectivity index (χ2n) is 6.53. The van der Waals surface area contributed by atoms with Gasteiger partial charge in [-0.2, -0.15) is 0 Å². The van der Waals surface area contributed by atoms with Gasteiger partial charge in [0.15, 0.2) is 0 Å². The van der Waals surface area contributed by atoms with Gasteiger partial charge in [0.25, 0.3) is 0 Å². The fourth-order valence-electron chi connectivity index (χ4n) is 3.37. The second kappa shape index (κ2) is 6.23. The Morgan fingerprint density at radius 1 is 1.09 bits per heavy atom. The van der Waals surface area contributed by atoms with Crippen molar-refractivity contribution < 1.29 is 0 Å².